The lowest BCUT2D eigenvalue weighted by Crippen LogP contribution is -2.33. The first-order valence-corrected chi connectivity index (χ1v) is 7.12. The van der Waals surface area contributed by atoms with Gasteiger partial charge in [0.15, 0.2) is 0 Å². The second kappa shape index (κ2) is 5.92. The van der Waals surface area contributed by atoms with Gasteiger partial charge >= 0.3 is 5.97 Å². The molecule has 1 fully saturated rings. The number of rotatable bonds is 3. The van der Waals surface area contributed by atoms with E-state index >= 15 is 0 Å². The van der Waals surface area contributed by atoms with Gasteiger partial charge in [0, 0.05) is 21.1 Å². The summed E-state index contributed by atoms with van der Waals surface area (Å²) >= 11 is 9.17. The molecule has 4 nitrogen and oxygen atoms in total. The minimum absolute atomic E-state index is 0.0774. The molecule has 1 aliphatic carbocycles. The normalized spacial score (nSPS) is 22.2. The highest BCUT2D eigenvalue weighted by Crippen LogP contribution is 2.26. The van der Waals surface area contributed by atoms with Crippen molar-refractivity contribution in [1.82, 2.24) is 5.32 Å². The molecule has 1 aromatic carbocycles. The molecule has 2 atom stereocenters. The highest BCUT2D eigenvalue weighted by molar-refractivity contribution is 9.10. The summed E-state index contributed by atoms with van der Waals surface area (Å²) in [5.41, 5.74) is 0.471. The highest BCUT2D eigenvalue weighted by atomic mass is 79.9. The average Bonchev–Trinajstić information content (AvgIpc) is 2.76. The Morgan fingerprint density at radius 3 is 2.63 bits per heavy atom. The summed E-state index contributed by atoms with van der Waals surface area (Å²) in [6, 6.07) is 4.90. The number of carboxylic acid groups (broad SMARTS) is 1. The van der Waals surface area contributed by atoms with Gasteiger partial charge in [-0.1, -0.05) is 27.5 Å². The molecular weight excluding hydrogens is 334 g/mol. The Balaban J connectivity index is 2.00. The summed E-state index contributed by atoms with van der Waals surface area (Å²) in [4.78, 5) is 22.9. The summed E-state index contributed by atoms with van der Waals surface area (Å²) in [5, 5.41) is 12.3. The first-order chi connectivity index (χ1) is 8.95. The number of hydrogen-bond donors (Lipinski definition) is 2. The molecule has 102 valence electrons. The van der Waals surface area contributed by atoms with Crippen LogP contribution in [-0.4, -0.2) is 23.0 Å². The maximum atomic E-state index is 12.0. The number of benzene rings is 1. The van der Waals surface area contributed by atoms with Crippen molar-refractivity contribution in [3.63, 3.8) is 0 Å². The van der Waals surface area contributed by atoms with Crippen LogP contribution < -0.4 is 5.32 Å². The monoisotopic (exact) mass is 345 g/mol. The first kappa shape index (κ1) is 14.3. The molecule has 1 aromatic rings. The minimum atomic E-state index is -0.790. The van der Waals surface area contributed by atoms with Gasteiger partial charge in [-0.3, -0.25) is 9.59 Å². The van der Waals surface area contributed by atoms with Gasteiger partial charge in [-0.05, 0) is 37.5 Å². The molecule has 1 aliphatic rings. The Morgan fingerprint density at radius 2 is 2.05 bits per heavy atom. The van der Waals surface area contributed by atoms with Crippen LogP contribution in [-0.2, 0) is 4.79 Å². The van der Waals surface area contributed by atoms with Crippen LogP contribution in [0.2, 0.25) is 5.02 Å². The SMILES string of the molecule is O=C(N[C@H]1CC[C@@H](C(=O)O)C1)c1cc(Cl)cc(Br)c1. The van der Waals surface area contributed by atoms with E-state index in [1.54, 1.807) is 18.2 Å². The third-order valence-electron chi connectivity index (χ3n) is 3.24. The van der Waals surface area contributed by atoms with Gasteiger partial charge in [0.05, 0.1) is 5.92 Å². The van der Waals surface area contributed by atoms with Crippen LogP contribution in [0.1, 0.15) is 29.6 Å². The van der Waals surface area contributed by atoms with Gasteiger partial charge in [0.2, 0.25) is 0 Å². The fraction of sp³-hybridized carbons (Fsp3) is 0.385. The molecule has 0 radical (unpaired) electrons. The minimum Gasteiger partial charge on any atom is -0.481 e. The van der Waals surface area contributed by atoms with Crippen molar-refractivity contribution in [3.8, 4) is 0 Å². The van der Waals surface area contributed by atoms with E-state index in [0.717, 1.165) is 4.47 Å². The number of carbonyl (C=O) groups is 2. The highest BCUT2D eigenvalue weighted by Gasteiger charge is 2.30. The first-order valence-electron chi connectivity index (χ1n) is 5.95. The molecule has 0 unspecified atom stereocenters. The molecule has 1 saturated carbocycles. The Kier molecular flexibility index (Phi) is 4.47. The standard InChI is InChI=1S/C13H13BrClNO3/c14-9-3-8(4-10(15)6-9)12(17)16-11-2-1-7(5-11)13(18)19/h3-4,6-7,11H,1-2,5H2,(H,16,17)(H,18,19)/t7-,11+/m1/s1. The number of aliphatic carboxylic acids is 1. The van der Waals surface area contributed by atoms with E-state index in [-0.39, 0.29) is 17.9 Å². The number of amides is 1. The topological polar surface area (TPSA) is 66.4 Å². The Morgan fingerprint density at radius 1 is 1.32 bits per heavy atom. The Labute approximate surface area is 124 Å². The lowest BCUT2D eigenvalue weighted by molar-refractivity contribution is -0.141. The zero-order valence-corrected chi connectivity index (χ0v) is 12.4. The molecule has 2 N–H and O–H groups in total. The van der Waals surface area contributed by atoms with Gasteiger partial charge in [-0.2, -0.15) is 0 Å². The lowest BCUT2D eigenvalue weighted by Gasteiger charge is -2.12. The molecule has 0 bridgehead atoms. The molecule has 0 aliphatic heterocycles. The fourth-order valence-corrected chi connectivity index (χ4v) is 3.15. The van der Waals surface area contributed by atoms with Crippen LogP contribution in [0.5, 0.6) is 0 Å². The average molecular weight is 347 g/mol. The van der Waals surface area contributed by atoms with E-state index in [1.807, 2.05) is 0 Å². The van der Waals surface area contributed by atoms with Gasteiger partial charge < -0.3 is 10.4 Å². The van der Waals surface area contributed by atoms with Crippen molar-refractivity contribution >= 4 is 39.4 Å². The van der Waals surface area contributed by atoms with Crippen molar-refractivity contribution in [1.29, 1.82) is 0 Å². The third kappa shape index (κ3) is 3.70. The second-order valence-corrected chi connectivity index (χ2v) is 6.03. The lowest BCUT2D eigenvalue weighted by atomic mass is 10.1. The fourth-order valence-electron chi connectivity index (χ4n) is 2.29. The summed E-state index contributed by atoms with van der Waals surface area (Å²) < 4.78 is 0.736. The van der Waals surface area contributed by atoms with E-state index < -0.39 is 5.97 Å². The van der Waals surface area contributed by atoms with Crippen LogP contribution in [0, 0.1) is 5.92 Å². The zero-order valence-electron chi connectivity index (χ0n) is 10.0. The summed E-state index contributed by atoms with van der Waals surface area (Å²) in [7, 11) is 0. The predicted molar refractivity (Wildman–Crippen MR) is 75.4 cm³/mol. The molecule has 2 rings (SSSR count). The molecule has 1 amide bonds. The summed E-state index contributed by atoms with van der Waals surface area (Å²) in [6.45, 7) is 0. The molecular formula is C13H13BrClNO3. The molecule has 0 spiro atoms. The predicted octanol–water partition coefficient (Wildman–Crippen LogP) is 3.09. The van der Waals surface area contributed by atoms with E-state index in [0.29, 0.717) is 29.8 Å². The third-order valence-corrected chi connectivity index (χ3v) is 3.92. The maximum Gasteiger partial charge on any atom is 0.306 e. The second-order valence-electron chi connectivity index (χ2n) is 4.68. The largest absolute Gasteiger partial charge is 0.481 e. The van der Waals surface area contributed by atoms with Crippen LogP contribution in [0.25, 0.3) is 0 Å². The molecule has 0 heterocycles. The number of carbonyl (C=O) groups excluding carboxylic acids is 1. The maximum absolute atomic E-state index is 12.0. The van der Waals surface area contributed by atoms with E-state index in [9.17, 15) is 9.59 Å². The van der Waals surface area contributed by atoms with Crippen molar-refractivity contribution in [3.05, 3.63) is 33.3 Å². The zero-order chi connectivity index (χ0) is 14.0. The van der Waals surface area contributed by atoms with Crippen LogP contribution in [0.3, 0.4) is 0 Å². The van der Waals surface area contributed by atoms with Crippen LogP contribution >= 0.6 is 27.5 Å². The van der Waals surface area contributed by atoms with Crippen molar-refractivity contribution in [2.24, 2.45) is 5.92 Å². The number of hydrogen-bond acceptors (Lipinski definition) is 2. The summed E-state index contributed by atoms with van der Waals surface area (Å²) in [6.07, 6.45) is 1.80. The van der Waals surface area contributed by atoms with Gasteiger partial charge in [0.25, 0.3) is 5.91 Å². The van der Waals surface area contributed by atoms with Gasteiger partial charge in [0.1, 0.15) is 0 Å². The van der Waals surface area contributed by atoms with Gasteiger partial charge in [-0.25, -0.2) is 0 Å². The van der Waals surface area contributed by atoms with Crippen molar-refractivity contribution < 1.29 is 14.7 Å². The van der Waals surface area contributed by atoms with Crippen LogP contribution in [0.4, 0.5) is 0 Å². The smallest absolute Gasteiger partial charge is 0.306 e. The molecule has 19 heavy (non-hydrogen) atoms. The van der Waals surface area contributed by atoms with Crippen LogP contribution in [0.15, 0.2) is 22.7 Å². The van der Waals surface area contributed by atoms with Crippen molar-refractivity contribution in [2.45, 2.75) is 25.3 Å². The molecule has 6 heteroatoms. The number of carboxylic acids is 1. The Bertz CT molecular complexity index is 500. The quantitative estimate of drug-likeness (QED) is 0.884. The van der Waals surface area contributed by atoms with Crippen molar-refractivity contribution in [2.75, 3.05) is 0 Å². The molecule has 0 saturated heterocycles. The number of halogens is 2. The van der Waals surface area contributed by atoms with E-state index in [4.69, 9.17) is 16.7 Å². The van der Waals surface area contributed by atoms with E-state index in [2.05, 4.69) is 21.2 Å². The van der Waals surface area contributed by atoms with E-state index in [1.165, 1.54) is 0 Å². The molecule has 0 aromatic heterocycles. The Hall–Kier alpha value is -1.07. The number of nitrogens with one attached hydrogen (secondary N) is 1. The van der Waals surface area contributed by atoms with Gasteiger partial charge in [-0.15, -0.1) is 0 Å². The summed E-state index contributed by atoms with van der Waals surface area (Å²) in [5.74, 6) is -1.36.